The second kappa shape index (κ2) is 6.43. The topological polar surface area (TPSA) is 87.9 Å². The highest BCUT2D eigenvalue weighted by Gasteiger charge is 2.22. The van der Waals surface area contributed by atoms with Crippen LogP contribution in [0, 0.1) is 10.1 Å². The maximum absolute atomic E-state index is 11.1. The summed E-state index contributed by atoms with van der Waals surface area (Å²) in [5, 5.41) is 10.9. The first kappa shape index (κ1) is 13.8. The molecule has 7 heteroatoms. The van der Waals surface area contributed by atoms with Crippen LogP contribution < -0.4 is 9.47 Å². The molecule has 0 atom stereocenters. The quantitative estimate of drug-likeness (QED) is 0.435. The van der Waals surface area contributed by atoms with Crippen LogP contribution in [0.5, 0.6) is 11.5 Å². The molecule has 0 aliphatic heterocycles. The summed E-state index contributed by atoms with van der Waals surface area (Å²) in [5.74, 6) is -0.552. The molecule has 0 spiro atoms. The van der Waals surface area contributed by atoms with E-state index in [2.05, 4.69) is 4.74 Å². The molecule has 0 amide bonds. The Balaban J connectivity index is 2.88. The lowest BCUT2D eigenvalue weighted by Crippen LogP contribution is -2.15. The Morgan fingerprint density at radius 2 is 2.06 bits per heavy atom. The van der Waals surface area contributed by atoms with Crippen LogP contribution in [0.3, 0.4) is 0 Å². The number of nitro groups is 1. The molecular weight excluding hydrogens is 242 g/mol. The Labute approximate surface area is 103 Å². The van der Waals surface area contributed by atoms with Crippen molar-refractivity contribution in [3.63, 3.8) is 0 Å². The number of hydrogen-bond acceptors (Lipinski definition) is 6. The molecule has 98 valence electrons. The van der Waals surface area contributed by atoms with E-state index in [0.29, 0.717) is 0 Å². The van der Waals surface area contributed by atoms with Crippen molar-refractivity contribution >= 4 is 11.7 Å². The van der Waals surface area contributed by atoms with Gasteiger partial charge < -0.3 is 14.2 Å². The molecule has 7 nitrogen and oxygen atoms in total. The van der Waals surface area contributed by atoms with Gasteiger partial charge in [-0.15, -0.1) is 0 Å². The zero-order valence-electron chi connectivity index (χ0n) is 10.0. The molecular formula is C11H13NO6. The first-order chi connectivity index (χ1) is 8.60. The number of benzene rings is 1. The molecule has 0 aliphatic rings. The summed E-state index contributed by atoms with van der Waals surface area (Å²) in [6, 6.07) is 4.36. The number of para-hydroxylation sites is 1. The minimum atomic E-state index is -0.626. The van der Waals surface area contributed by atoms with Gasteiger partial charge >= 0.3 is 11.7 Å². The number of methoxy groups -OCH3 is 1. The monoisotopic (exact) mass is 255 g/mol. The van der Waals surface area contributed by atoms with Crippen molar-refractivity contribution in [2.75, 3.05) is 20.3 Å². The van der Waals surface area contributed by atoms with Crippen molar-refractivity contribution in [1.29, 1.82) is 0 Å². The van der Waals surface area contributed by atoms with Gasteiger partial charge in [-0.1, -0.05) is 6.07 Å². The molecule has 0 saturated heterocycles. The molecule has 0 bridgehead atoms. The SMILES string of the molecule is CCOC(=O)COc1cccc(OC)c1[N+](=O)[O-]. The largest absolute Gasteiger partial charge is 0.490 e. The van der Waals surface area contributed by atoms with Gasteiger partial charge in [0.05, 0.1) is 18.6 Å². The summed E-state index contributed by atoms with van der Waals surface area (Å²) < 4.78 is 14.6. The molecule has 1 aromatic rings. The average molecular weight is 255 g/mol. The number of nitro benzene ring substituents is 1. The van der Waals surface area contributed by atoms with E-state index in [0.717, 1.165) is 0 Å². The van der Waals surface area contributed by atoms with E-state index in [1.54, 1.807) is 6.92 Å². The van der Waals surface area contributed by atoms with E-state index in [4.69, 9.17) is 9.47 Å². The van der Waals surface area contributed by atoms with E-state index in [1.807, 2.05) is 0 Å². The number of esters is 1. The highest BCUT2D eigenvalue weighted by atomic mass is 16.6. The van der Waals surface area contributed by atoms with Crippen molar-refractivity contribution in [2.24, 2.45) is 0 Å². The van der Waals surface area contributed by atoms with E-state index < -0.39 is 10.9 Å². The fourth-order valence-corrected chi connectivity index (χ4v) is 1.30. The molecule has 0 heterocycles. The van der Waals surface area contributed by atoms with Gasteiger partial charge in [0, 0.05) is 0 Å². The lowest BCUT2D eigenvalue weighted by Gasteiger charge is -2.08. The molecule has 1 rings (SSSR count). The van der Waals surface area contributed by atoms with E-state index in [9.17, 15) is 14.9 Å². The molecule has 18 heavy (non-hydrogen) atoms. The molecule has 0 unspecified atom stereocenters. The van der Waals surface area contributed by atoms with Crippen LogP contribution in [0.25, 0.3) is 0 Å². The predicted molar refractivity (Wildman–Crippen MR) is 61.8 cm³/mol. The first-order valence-corrected chi connectivity index (χ1v) is 5.20. The maximum Gasteiger partial charge on any atom is 0.352 e. The summed E-state index contributed by atoms with van der Waals surface area (Å²) >= 11 is 0. The molecule has 1 aromatic carbocycles. The van der Waals surface area contributed by atoms with Crippen LogP contribution >= 0.6 is 0 Å². The maximum atomic E-state index is 11.1. The van der Waals surface area contributed by atoms with Crippen molar-refractivity contribution in [3.05, 3.63) is 28.3 Å². The normalized spacial score (nSPS) is 9.67. The fourth-order valence-electron chi connectivity index (χ4n) is 1.30. The van der Waals surface area contributed by atoms with Gasteiger partial charge in [-0.3, -0.25) is 10.1 Å². The highest BCUT2D eigenvalue weighted by molar-refractivity contribution is 5.71. The van der Waals surface area contributed by atoms with Crippen molar-refractivity contribution in [2.45, 2.75) is 6.92 Å². The summed E-state index contributed by atoms with van der Waals surface area (Å²) in [6.07, 6.45) is 0. The zero-order chi connectivity index (χ0) is 13.5. The molecule has 0 aliphatic carbocycles. The summed E-state index contributed by atoms with van der Waals surface area (Å²) in [6.45, 7) is 1.50. The number of ether oxygens (including phenoxy) is 3. The lowest BCUT2D eigenvalue weighted by molar-refractivity contribution is -0.386. The van der Waals surface area contributed by atoms with Crippen LogP contribution in [-0.2, 0) is 9.53 Å². The van der Waals surface area contributed by atoms with Gasteiger partial charge in [-0.2, -0.15) is 0 Å². The van der Waals surface area contributed by atoms with Crippen LogP contribution in [0.4, 0.5) is 5.69 Å². The van der Waals surface area contributed by atoms with E-state index in [1.165, 1.54) is 25.3 Å². The van der Waals surface area contributed by atoms with E-state index in [-0.39, 0.29) is 30.4 Å². The number of carbonyl (C=O) groups is 1. The Morgan fingerprint density at radius 3 is 2.61 bits per heavy atom. The number of carbonyl (C=O) groups excluding carboxylic acids is 1. The van der Waals surface area contributed by atoms with Gasteiger partial charge in [0.15, 0.2) is 6.61 Å². The minimum absolute atomic E-state index is 0.0348. The highest BCUT2D eigenvalue weighted by Crippen LogP contribution is 2.36. The fraction of sp³-hybridized carbons (Fsp3) is 0.364. The van der Waals surface area contributed by atoms with Gasteiger partial charge in [0.1, 0.15) is 0 Å². The van der Waals surface area contributed by atoms with Crippen molar-refractivity contribution in [1.82, 2.24) is 0 Å². The molecule has 0 radical (unpaired) electrons. The van der Waals surface area contributed by atoms with Gasteiger partial charge in [-0.25, -0.2) is 4.79 Å². The van der Waals surface area contributed by atoms with Crippen LogP contribution in [0.2, 0.25) is 0 Å². The summed E-state index contributed by atoms with van der Waals surface area (Å²) in [5.41, 5.74) is -0.315. The second-order valence-corrected chi connectivity index (χ2v) is 3.16. The van der Waals surface area contributed by atoms with E-state index >= 15 is 0 Å². The predicted octanol–water partition coefficient (Wildman–Crippen LogP) is 1.55. The average Bonchev–Trinajstić information content (AvgIpc) is 2.35. The lowest BCUT2D eigenvalue weighted by atomic mass is 10.2. The smallest absolute Gasteiger partial charge is 0.352 e. The van der Waals surface area contributed by atoms with Crippen LogP contribution in [-0.4, -0.2) is 31.2 Å². The molecule has 0 fully saturated rings. The number of nitrogens with zero attached hydrogens (tertiary/aromatic N) is 1. The standard InChI is InChI=1S/C11H13NO6/c1-3-17-10(13)7-18-9-6-4-5-8(16-2)11(9)12(14)15/h4-6H,3,7H2,1-2H3. The third-order valence-electron chi connectivity index (χ3n) is 2.02. The summed E-state index contributed by atoms with van der Waals surface area (Å²) in [4.78, 5) is 21.4. The first-order valence-electron chi connectivity index (χ1n) is 5.20. The van der Waals surface area contributed by atoms with Crippen molar-refractivity contribution < 1.29 is 23.9 Å². The Morgan fingerprint density at radius 1 is 1.39 bits per heavy atom. The number of rotatable bonds is 6. The molecule has 0 saturated carbocycles. The number of hydrogen-bond donors (Lipinski definition) is 0. The van der Waals surface area contributed by atoms with Crippen LogP contribution in [0.15, 0.2) is 18.2 Å². The Bertz CT molecular complexity index is 445. The third-order valence-corrected chi connectivity index (χ3v) is 2.02. The third kappa shape index (κ3) is 3.34. The second-order valence-electron chi connectivity index (χ2n) is 3.16. The Kier molecular flexibility index (Phi) is 4.91. The molecule has 0 N–H and O–H groups in total. The summed E-state index contributed by atoms with van der Waals surface area (Å²) in [7, 11) is 1.32. The van der Waals surface area contributed by atoms with Gasteiger partial charge in [-0.05, 0) is 19.1 Å². The molecule has 0 aromatic heterocycles. The Hall–Kier alpha value is -2.31. The van der Waals surface area contributed by atoms with Crippen molar-refractivity contribution in [3.8, 4) is 11.5 Å². The van der Waals surface area contributed by atoms with Gasteiger partial charge in [0.25, 0.3) is 0 Å². The van der Waals surface area contributed by atoms with Crippen LogP contribution in [0.1, 0.15) is 6.92 Å². The van der Waals surface area contributed by atoms with Gasteiger partial charge in [0.2, 0.25) is 11.5 Å². The zero-order valence-corrected chi connectivity index (χ0v) is 10.0. The minimum Gasteiger partial charge on any atom is -0.490 e.